The number of ether oxygens (including phenoxy) is 1. The number of carbonyl (C=O) groups is 1. The number of likely N-dealkylation sites (N-methyl/N-ethyl adjacent to an activating group) is 1. The van der Waals surface area contributed by atoms with Crippen molar-refractivity contribution in [1.82, 2.24) is 4.90 Å². The molecular weight excluding hydrogens is 336 g/mol. The maximum atomic E-state index is 12.2. The molecule has 4 nitrogen and oxygen atoms in total. The van der Waals surface area contributed by atoms with Gasteiger partial charge in [-0.2, -0.15) is 0 Å². The lowest BCUT2D eigenvalue weighted by atomic mass is 10.2. The van der Waals surface area contributed by atoms with Crippen molar-refractivity contribution in [2.24, 2.45) is 0 Å². The Bertz CT molecular complexity index is 729. The maximum Gasteiger partial charge on any atom is 0.238 e. The van der Waals surface area contributed by atoms with Gasteiger partial charge in [0.1, 0.15) is 12.4 Å². The topological polar surface area (TPSA) is 41.6 Å². The molecule has 0 aliphatic carbocycles. The molecule has 0 heterocycles. The van der Waals surface area contributed by atoms with Gasteiger partial charge >= 0.3 is 0 Å². The maximum absolute atomic E-state index is 12.2. The standard InChI is InChI=1S/C20H23ClN2O2/c1-4-11-25-17-8-6-16(7-9-17)13-23(3)14-20(24)22-19-10-5-15(2)12-18(19)21/h4-10,12H,1,11,13-14H2,2-3H3,(H,22,24). The van der Waals surface area contributed by atoms with E-state index in [4.69, 9.17) is 16.3 Å². The quantitative estimate of drug-likeness (QED) is 0.716. The van der Waals surface area contributed by atoms with E-state index >= 15 is 0 Å². The summed E-state index contributed by atoms with van der Waals surface area (Å²) in [5.41, 5.74) is 2.80. The number of carbonyl (C=O) groups excluding carboxylic acids is 1. The molecular formula is C20H23ClN2O2. The van der Waals surface area contributed by atoms with E-state index < -0.39 is 0 Å². The van der Waals surface area contributed by atoms with Gasteiger partial charge in [-0.05, 0) is 49.4 Å². The number of anilines is 1. The molecule has 0 bridgehead atoms. The molecule has 0 fully saturated rings. The van der Waals surface area contributed by atoms with Crippen molar-refractivity contribution >= 4 is 23.2 Å². The highest BCUT2D eigenvalue weighted by molar-refractivity contribution is 6.33. The van der Waals surface area contributed by atoms with Crippen LogP contribution in [0.2, 0.25) is 5.02 Å². The van der Waals surface area contributed by atoms with E-state index in [-0.39, 0.29) is 12.5 Å². The van der Waals surface area contributed by atoms with Crippen LogP contribution in [-0.2, 0) is 11.3 Å². The van der Waals surface area contributed by atoms with Gasteiger partial charge in [-0.1, -0.05) is 42.5 Å². The third-order valence-corrected chi connectivity index (χ3v) is 3.87. The molecule has 0 aromatic heterocycles. The minimum absolute atomic E-state index is 0.0980. The summed E-state index contributed by atoms with van der Waals surface area (Å²) >= 11 is 6.14. The van der Waals surface area contributed by atoms with E-state index in [1.165, 1.54) is 0 Å². The van der Waals surface area contributed by atoms with Crippen LogP contribution in [0.1, 0.15) is 11.1 Å². The highest BCUT2D eigenvalue weighted by Crippen LogP contribution is 2.22. The molecule has 0 aliphatic heterocycles. The molecule has 0 saturated carbocycles. The second-order valence-electron chi connectivity index (χ2n) is 5.95. The average Bonchev–Trinajstić information content (AvgIpc) is 2.56. The molecule has 25 heavy (non-hydrogen) atoms. The lowest BCUT2D eigenvalue weighted by Crippen LogP contribution is -2.29. The first-order chi connectivity index (χ1) is 12.0. The fourth-order valence-electron chi connectivity index (χ4n) is 2.37. The first kappa shape index (κ1) is 19.0. The van der Waals surface area contributed by atoms with Crippen molar-refractivity contribution in [2.45, 2.75) is 13.5 Å². The molecule has 0 saturated heterocycles. The zero-order valence-electron chi connectivity index (χ0n) is 14.6. The summed E-state index contributed by atoms with van der Waals surface area (Å²) in [4.78, 5) is 14.1. The van der Waals surface area contributed by atoms with E-state index in [1.807, 2.05) is 61.3 Å². The third kappa shape index (κ3) is 6.25. The van der Waals surface area contributed by atoms with Crippen molar-refractivity contribution in [3.8, 4) is 5.75 Å². The number of halogens is 1. The second-order valence-corrected chi connectivity index (χ2v) is 6.35. The third-order valence-electron chi connectivity index (χ3n) is 3.56. The zero-order chi connectivity index (χ0) is 18.2. The van der Waals surface area contributed by atoms with Crippen LogP contribution in [0.4, 0.5) is 5.69 Å². The van der Waals surface area contributed by atoms with Crippen molar-refractivity contribution in [2.75, 3.05) is 25.5 Å². The molecule has 2 rings (SSSR count). The van der Waals surface area contributed by atoms with Gasteiger partial charge in [0.2, 0.25) is 5.91 Å². The van der Waals surface area contributed by atoms with Crippen molar-refractivity contribution < 1.29 is 9.53 Å². The summed E-state index contributed by atoms with van der Waals surface area (Å²) < 4.78 is 5.46. The Hall–Kier alpha value is -2.30. The fraction of sp³-hybridized carbons (Fsp3) is 0.250. The number of hydrogen-bond donors (Lipinski definition) is 1. The molecule has 1 amide bonds. The van der Waals surface area contributed by atoms with E-state index in [2.05, 4.69) is 11.9 Å². The van der Waals surface area contributed by atoms with E-state index in [9.17, 15) is 4.79 Å². The first-order valence-corrected chi connectivity index (χ1v) is 8.43. The Morgan fingerprint density at radius 2 is 2.00 bits per heavy atom. The summed E-state index contributed by atoms with van der Waals surface area (Å²) in [5, 5.41) is 3.39. The van der Waals surface area contributed by atoms with Crippen LogP contribution >= 0.6 is 11.6 Å². The van der Waals surface area contributed by atoms with Crippen LogP contribution in [0.25, 0.3) is 0 Å². The van der Waals surface area contributed by atoms with Gasteiger partial charge in [0, 0.05) is 6.54 Å². The molecule has 2 aromatic carbocycles. The van der Waals surface area contributed by atoms with Gasteiger partial charge in [-0.3, -0.25) is 9.69 Å². The molecule has 0 radical (unpaired) electrons. The summed E-state index contributed by atoms with van der Waals surface area (Å²) in [6.07, 6.45) is 1.71. The zero-order valence-corrected chi connectivity index (χ0v) is 15.3. The Kier molecular flexibility index (Phi) is 7.04. The summed E-state index contributed by atoms with van der Waals surface area (Å²) in [6, 6.07) is 13.4. The number of aryl methyl sites for hydroxylation is 1. The SMILES string of the molecule is C=CCOc1ccc(CN(C)CC(=O)Nc2ccc(C)cc2Cl)cc1. The predicted octanol–water partition coefficient (Wildman–Crippen LogP) is 4.28. The van der Waals surface area contributed by atoms with Gasteiger partial charge in [0.15, 0.2) is 0 Å². The number of nitrogens with one attached hydrogen (secondary N) is 1. The lowest BCUT2D eigenvalue weighted by molar-refractivity contribution is -0.117. The van der Waals surface area contributed by atoms with Gasteiger partial charge in [0.25, 0.3) is 0 Å². The first-order valence-electron chi connectivity index (χ1n) is 8.05. The highest BCUT2D eigenvalue weighted by atomic mass is 35.5. The Morgan fingerprint density at radius 3 is 2.64 bits per heavy atom. The molecule has 0 unspecified atom stereocenters. The fourth-order valence-corrected chi connectivity index (χ4v) is 2.65. The van der Waals surface area contributed by atoms with Crippen molar-refractivity contribution in [1.29, 1.82) is 0 Å². The monoisotopic (exact) mass is 358 g/mol. The Balaban J connectivity index is 1.85. The lowest BCUT2D eigenvalue weighted by Gasteiger charge is -2.17. The van der Waals surface area contributed by atoms with Gasteiger partial charge < -0.3 is 10.1 Å². The van der Waals surface area contributed by atoms with Crippen LogP contribution in [0.15, 0.2) is 55.1 Å². The molecule has 0 spiro atoms. The van der Waals surface area contributed by atoms with Crippen molar-refractivity contribution in [3.63, 3.8) is 0 Å². The molecule has 2 aromatic rings. The molecule has 132 valence electrons. The van der Waals surface area contributed by atoms with Crippen LogP contribution in [0, 0.1) is 6.92 Å². The van der Waals surface area contributed by atoms with E-state index in [0.717, 1.165) is 16.9 Å². The summed E-state index contributed by atoms with van der Waals surface area (Å²) in [7, 11) is 1.90. The normalized spacial score (nSPS) is 10.6. The smallest absolute Gasteiger partial charge is 0.238 e. The summed E-state index contributed by atoms with van der Waals surface area (Å²) in [5.74, 6) is 0.706. The Labute approximate surface area is 154 Å². The molecule has 1 N–H and O–H groups in total. The van der Waals surface area contributed by atoms with Crippen LogP contribution < -0.4 is 10.1 Å². The van der Waals surface area contributed by atoms with Gasteiger partial charge in [0.05, 0.1) is 17.3 Å². The minimum Gasteiger partial charge on any atom is -0.490 e. The van der Waals surface area contributed by atoms with Gasteiger partial charge in [-0.25, -0.2) is 0 Å². The minimum atomic E-state index is -0.0980. The number of hydrogen-bond acceptors (Lipinski definition) is 3. The number of amides is 1. The molecule has 0 atom stereocenters. The number of benzene rings is 2. The second kappa shape index (κ2) is 9.25. The average molecular weight is 359 g/mol. The van der Waals surface area contributed by atoms with Crippen LogP contribution in [-0.4, -0.2) is 31.0 Å². The highest BCUT2D eigenvalue weighted by Gasteiger charge is 2.10. The summed E-state index contributed by atoms with van der Waals surface area (Å²) in [6.45, 7) is 7.01. The Morgan fingerprint density at radius 1 is 1.28 bits per heavy atom. The van der Waals surface area contributed by atoms with Crippen molar-refractivity contribution in [3.05, 3.63) is 71.3 Å². The van der Waals surface area contributed by atoms with Crippen LogP contribution in [0.5, 0.6) is 5.75 Å². The largest absolute Gasteiger partial charge is 0.490 e. The molecule has 0 aliphatic rings. The number of nitrogens with zero attached hydrogens (tertiary/aromatic N) is 1. The number of rotatable bonds is 8. The van der Waals surface area contributed by atoms with Gasteiger partial charge in [-0.15, -0.1) is 0 Å². The van der Waals surface area contributed by atoms with E-state index in [0.29, 0.717) is 23.9 Å². The predicted molar refractivity (Wildman–Crippen MR) is 103 cm³/mol. The molecule has 5 heteroatoms. The van der Waals surface area contributed by atoms with Crippen LogP contribution in [0.3, 0.4) is 0 Å². The van der Waals surface area contributed by atoms with E-state index in [1.54, 1.807) is 6.08 Å².